The highest BCUT2D eigenvalue weighted by Crippen LogP contribution is 2.10. The van der Waals surface area contributed by atoms with Crippen molar-refractivity contribution in [2.24, 2.45) is 4.99 Å². The first-order valence-electron chi connectivity index (χ1n) is 9.82. The molecule has 154 valence electrons. The molecule has 2 saturated heterocycles. The lowest BCUT2D eigenvalue weighted by atomic mass is 10.3. The molecule has 0 saturated carbocycles. The van der Waals surface area contributed by atoms with E-state index in [1.165, 1.54) is 4.90 Å². The van der Waals surface area contributed by atoms with Gasteiger partial charge in [-0.05, 0) is 6.42 Å². The van der Waals surface area contributed by atoms with Gasteiger partial charge in [-0.3, -0.25) is 14.5 Å². The van der Waals surface area contributed by atoms with Crippen molar-refractivity contribution in [1.82, 2.24) is 25.3 Å². The Bertz CT molecular complexity index is 519. The summed E-state index contributed by atoms with van der Waals surface area (Å²) in [6.45, 7) is 8.51. The number of carbonyl (C=O) groups is 2. The number of nitrogens with zero attached hydrogens (tertiary/aromatic N) is 4. The molecule has 0 aromatic heterocycles. The molecular formula is C18H34N6O3. The Kier molecular flexibility index (Phi) is 8.80. The van der Waals surface area contributed by atoms with Crippen molar-refractivity contribution in [3.8, 4) is 0 Å². The largest absolute Gasteiger partial charge is 0.379 e. The first kappa shape index (κ1) is 21.4. The number of rotatable bonds is 7. The summed E-state index contributed by atoms with van der Waals surface area (Å²) < 4.78 is 5.37. The molecule has 2 amide bonds. The van der Waals surface area contributed by atoms with Gasteiger partial charge < -0.3 is 25.2 Å². The minimum absolute atomic E-state index is 0.0431. The zero-order valence-corrected chi connectivity index (χ0v) is 16.9. The molecule has 2 rings (SSSR count). The monoisotopic (exact) mass is 382 g/mol. The molecule has 0 spiro atoms. The zero-order valence-electron chi connectivity index (χ0n) is 16.9. The lowest BCUT2D eigenvalue weighted by Gasteiger charge is -2.27. The third-order valence-electron chi connectivity index (χ3n) is 4.88. The summed E-state index contributed by atoms with van der Waals surface area (Å²) in [5.74, 6) is 0.772. The molecule has 1 atom stereocenters. The molecule has 2 heterocycles. The standard InChI is InChI=1S/C18H34N6O3/c1-4-16(25)24-7-5-15(14-24)21-18(20-13-17(26)22(2)3)19-6-8-23-9-11-27-12-10-23/h15H,4-14H2,1-3H3,(H2,19,20,21). The number of amides is 2. The maximum Gasteiger partial charge on any atom is 0.243 e. The fourth-order valence-electron chi connectivity index (χ4n) is 3.12. The highest BCUT2D eigenvalue weighted by molar-refractivity contribution is 5.85. The summed E-state index contributed by atoms with van der Waals surface area (Å²) in [5, 5.41) is 6.72. The molecule has 2 fully saturated rings. The Morgan fingerprint density at radius 1 is 1.22 bits per heavy atom. The van der Waals surface area contributed by atoms with Crippen molar-refractivity contribution >= 4 is 17.8 Å². The maximum absolute atomic E-state index is 11.9. The Hall–Kier alpha value is -1.87. The summed E-state index contributed by atoms with van der Waals surface area (Å²) in [5.41, 5.74) is 0. The molecule has 0 aliphatic carbocycles. The van der Waals surface area contributed by atoms with E-state index in [2.05, 4.69) is 20.5 Å². The number of morpholine rings is 1. The van der Waals surface area contributed by atoms with Gasteiger partial charge >= 0.3 is 0 Å². The van der Waals surface area contributed by atoms with Gasteiger partial charge in [0.25, 0.3) is 0 Å². The van der Waals surface area contributed by atoms with Gasteiger partial charge in [-0.1, -0.05) is 6.92 Å². The molecule has 2 aliphatic rings. The Morgan fingerprint density at radius 3 is 2.63 bits per heavy atom. The predicted octanol–water partition coefficient (Wildman–Crippen LogP) is -1.05. The molecule has 0 bridgehead atoms. The highest BCUT2D eigenvalue weighted by Gasteiger charge is 2.26. The number of hydrogen-bond acceptors (Lipinski definition) is 5. The number of aliphatic imine (C=N–C) groups is 1. The summed E-state index contributed by atoms with van der Waals surface area (Å²) in [7, 11) is 3.45. The van der Waals surface area contributed by atoms with Gasteiger partial charge in [-0.2, -0.15) is 0 Å². The van der Waals surface area contributed by atoms with Crippen LogP contribution in [0.2, 0.25) is 0 Å². The zero-order chi connectivity index (χ0) is 19.6. The van der Waals surface area contributed by atoms with Crippen LogP contribution in [0.25, 0.3) is 0 Å². The summed E-state index contributed by atoms with van der Waals surface area (Å²) in [6, 6.07) is 0.157. The van der Waals surface area contributed by atoms with Crippen molar-refractivity contribution in [3.63, 3.8) is 0 Å². The van der Waals surface area contributed by atoms with Crippen LogP contribution in [0.1, 0.15) is 19.8 Å². The fourth-order valence-corrected chi connectivity index (χ4v) is 3.12. The van der Waals surface area contributed by atoms with Gasteiger partial charge in [0.15, 0.2) is 5.96 Å². The fraction of sp³-hybridized carbons (Fsp3) is 0.833. The number of guanidine groups is 1. The minimum atomic E-state index is -0.0431. The van der Waals surface area contributed by atoms with E-state index < -0.39 is 0 Å². The Balaban J connectivity index is 1.85. The molecule has 0 radical (unpaired) electrons. The van der Waals surface area contributed by atoms with Crippen LogP contribution in [-0.4, -0.2) is 112 Å². The quantitative estimate of drug-likeness (QED) is 0.432. The van der Waals surface area contributed by atoms with Crippen LogP contribution in [0.3, 0.4) is 0 Å². The predicted molar refractivity (Wildman–Crippen MR) is 105 cm³/mol. The Morgan fingerprint density at radius 2 is 1.96 bits per heavy atom. The van der Waals surface area contributed by atoms with Gasteiger partial charge in [0, 0.05) is 65.8 Å². The number of likely N-dealkylation sites (N-methyl/N-ethyl adjacent to an activating group) is 1. The molecule has 0 aromatic carbocycles. The van der Waals surface area contributed by atoms with E-state index in [4.69, 9.17) is 4.74 Å². The van der Waals surface area contributed by atoms with Crippen LogP contribution in [0, 0.1) is 0 Å². The summed E-state index contributed by atoms with van der Waals surface area (Å²) in [6.07, 6.45) is 1.42. The van der Waals surface area contributed by atoms with E-state index in [0.29, 0.717) is 18.9 Å². The van der Waals surface area contributed by atoms with Gasteiger partial charge in [-0.25, -0.2) is 4.99 Å². The highest BCUT2D eigenvalue weighted by atomic mass is 16.5. The number of carbonyl (C=O) groups excluding carboxylic acids is 2. The molecular weight excluding hydrogens is 348 g/mol. The molecule has 9 heteroatoms. The van der Waals surface area contributed by atoms with Gasteiger partial charge in [-0.15, -0.1) is 0 Å². The van der Waals surface area contributed by atoms with E-state index in [0.717, 1.165) is 52.4 Å². The average molecular weight is 383 g/mol. The molecule has 0 aromatic rings. The van der Waals surface area contributed by atoms with E-state index in [1.54, 1.807) is 14.1 Å². The van der Waals surface area contributed by atoms with E-state index in [-0.39, 0.29) is 24.4 Å². The number of likely N-dealkylation sites (tertiary alicyclic amines) is 1. The van der Waals surface area contributed by atoms with Crippen molar-refractivity contribution < 1.29 is 14.3 Å². The smallest absolute Gasteiger partial charge is 0.243 e. The maximum atomic E-state index is 11.9. The number of nitrogens with one attached hydrogen (secondary N) is 2. The van der Waals surface area contributed by atoms with Crippen LogP contribution in [0.4, 0.5) is 0 Å². The number of hydrogen-bond donors (Lipinski definition) is 2. The molecule has 9 nitrogen and oxygen atoms in total. The van der Waals surface area contributed by atoms with Crippen LogP contribution in [-0.2, 0) is 14.3 Å². The topological polar surface area (TPSA) is 89.5 Å². The van der Waals surface area contributed by atoms with Crippen molar-refractivity contribution in [3.05, 3.63) is 0 Å². The van der Waals surface area contributed by atoms with Crippen molar-refractivity contribution in [2.45, 2.75) is 25.8 Å². The normalized spacial score (nSPS) is 21.2. The van der Waals surface area contributed by atoms with E-state index >= 15 is 0 Å². The minimum Gasteiger partial charge on any atom is -0.379 e. The summed E-state index contributed by atoms with van der Waals surface area (Å²) >= 11 is 0. The second-order valence-corrected chi connectivity index (χ2v) is 7.16. The number of ether oxygens (including phenoxy) is 1. The molecule has 2 aliphatic heterocycles. The van der Waals surface area contributed by atoms with Crippen LogP contribution >= 0.6 is 0 Å². The van der Waals surface area contributed by atoms with E-state index in [1.807, 2.05) is 11.8 Å². The summed E-state index contributed by atoms with van der Waals surface area (Å²) in [4.78, 5) is 33.9. The van der Waals surface area contributed by atoms with Gasteiger partial charge in [0.1, 0.15) is 6.54 Å². The second-order valence-electron chi connectivity index (χ2n) is 7.16. The second kappa shape index (κ2) is 11.1. The van der Waals surface area contributed by atoms with Crippen LogP contribution in [0.15, 0.2) is 4.99 Å². The third-order valence-corrected chi connectivity index (χ3v) is 4.88. The third kappa shape index (κ3) is 7.34. The van der Waals surface area contributed by atoms with Crippen molar-refractivity contribution in [2.75, 3.05) is 73.1 Å². The van der Waals surface area contributed by atoms with Gasteiger partial charge in [0.2, 0.25) is 11.8 Å². The first-order valence-corrected chi connectivity index (χ1v) is 9.82. The Labute approximate surface area is 162 Å². The van der Waals surface area contributed by atoms with Crippen molar-refractivity contribution in [1.29, 1.82) is 0 Å². The van der Waals surface area contributed by atoms with E-state index in [9.17, 15) is 9.59 Å². The average Bonchev–Trinajstić information content (AvgIpc) is 3.14. The molecule has 27 heavy (non-hydrogen) atoms. The molecule has 2 N–H and O–H groups in total. The van der Waals surface area contributed by atoms with Gasteiger partial charge in [0.05, 0.1) is 13.2 Å². The van der Waals surface area contributed by atoms with Crippen LogP contribution in [0.5, 0.6) is 0 Å². The SMILES string of the molecule is CCC(=O)N1CCC(NC(=NCC(=O)N(C)C)NCCN2CCOCC2)C1. The molecule has 1 unspecified atom stereocenters. The first-order chi connectivity index (χ1) is 13.0. The lowest BCUT2D eigenvalue weighted by Crippen LogP contribution is -2.48. The van der Waals surface area contributed by atoms with Crippen LogP contribution < -0.4 is 10.6 Å². The lowest BCUT2D eigenvalue weighted by molar-refractivity contribution is -0.130.